The van der Waals surface area contributed by atoms with Crippen LogP contribution in [-0.4, -0.2) is 14.8 Å². The average molecular weight is 274 g/mol. The van der Waals surface area contributed by atoms with E-state index in [1.165, 1.54) is 24.8 Å². The number of anilines is 1. The van der Waals surface area contributed by atoms with Crippen molar-refractivity contribution >= 4 is 17.4 Å². The van der Waals surface area contributed by atoms with Gasteiger partial charge in [-0.25, -0.2) is 0 Å². The smallest absolute Gasteiger partial charge is 0.196 e. The molecule has 19 heavy (non-hydrogen) atoms. The zero-order valence-electron chi connectivity index (χ0n) is 11.1. The Kier molecular flexibility index (Phi) is 3.46. The van der Waals surface area contributed by atoms with Crippen molar-refractivity contribution in [1.29, 1.82) is 0 Å². The van der Waals surface area contributed by atoms with Crippen molar-refractivity contribution in [2.45, 2.75) is 49.2 Å². The number of nitrogen functional groups attached to an aromatic ring is 1. The third-order valence-electron chi connectivity index (χ3n) is 3.36. The van der Waals surface area contributed by atoms with Crippen LogP contribution in [-0.2, 0) is 13.0 Å². The van der Waals surface area contributed by atoms with Gasteiger partial charge in [0.1, 0.15) is 5.82 Å². The molecule has 2 heterocycles. The number of fused-ring (bicyclic) bond motifs is 1. The Labute approximate surface area is 117 Å². The van der Waals surface area contributed by atoms with Crippen LogP contribution in [0, 0.1) is 6.92 Å². The van der Waals surface area contributed by atoms with Gasteiger partial charge in [0.2, 0.25) is 0 Å². The number of hydrogen-bond donors (Lipinski definition) is 1. The molecule has 0 atom stereocenters. The van der Waals surface area contributed by atoms with Crippen molar-refractivity contribution < 1.29 is 0 Å². The molecule has 2 aromatic rings. The highest BCUT2D eigenvalue weighted by molar-refractivity contribution is 7.99. The van der Waals surface area contributed by atoms with E-state index < -0.39 is 0 Å². The predicted molar refractivity (Wildman–Crippen MR) is 77.3 cm³/mol. The molecule has 5 heteroatoms. The van der Waals surface area contributed by atoms with Crippen LogP contribution in [0.15, 0.2) is 28.3 Å². The molecule has 100 valence electrons. The summed E-state index contributed by atoms with van der Waals surface area (Å²) in [6.07, 6.45) is 4.77. The van der Waals surface area contributed by atoms with Gasteiger partial charge in [-0.05, 0) is 55.3 Å². The van der Waals surface area contributed by atoms with Crippen molar-refractivity contribution in [1.82, 2.24) is 14.8 Å². The van der Waals surface area contributed by atoms with Crippen molar-refractivity contribution in [3.63, 3.8) is 0 Å². The highest BCUT2D eigenvalue weighted by Gasteiger charge is 2.15. The van der Waals surface area contributed by atoms with Crippen LogP contribution in [0.2, 0.25) is 0 Å². The van der Waals surface area contributed by atoms with Gasteiger partial charge in [0.05, 0.1) is 0 Å². The molecule has 4 nitrogen and oxygen atoms in total. The standard InChI is InChI=1S/C14H18N4S/c1-10-7-11(15)9-12(8-10)19-14-17-16-13-5-3-2-4-6-18(13)14/h7-9H,2-6,15H2,1H3. The Morgan fingerprint density at radius 1 is 1.16 bits per heavy atom. The Balaban J connectivity index is 1.89. The maximum Gasteiger partial charge on any atom is 0.196 e. The lowest BCUT2D eigenvalue weighted by Crippen LogP contribution is -2.02. The first-order valence-corrected chi connectivity index (χ1v) is 7.51. The van der Waals surface area contributed by atoms with Crippen LogP contribution in [0.25, 0.3) is 0 Å². The van der Waals surface area contributed by atoms with Crippen LogP contribution in [0.5, 0.6) is 0 Å². The molecule has 0 radical (unpaired) electrons. The maximum atomic E-state index is 5.90. The molecule has 0 unspecified atom stereocenters. The van der Waals surface area contributed by atoms with Gasteiger partial charge >= 0.3 is 0 Å². The fraction of sp³-hybridized carbons (Fsp3) is 0.429. The van der Waals surface area contributed by atoms with Gasteiger partial charge in [0.25, 0.3) is 0 Å². The maximum absolute atomic E-state index is 5.90. The third-order valence-corrected chi connectivity index (χ3v) is 4.31. The van der Waals surface area contributed by atoms with Crippen molar-refractivity contribution in [2.75, 3.05) is 5.73 Å². The molecule has 2 N–H and O–H groups in total. The van der Waals surface area contributed by atoms with E-state index in [0.29, 0.717) is 0 Å². The van der Waals surface area contributed by atoms with Crippen LogP contribution in [0.1, 0.15) is 30.7 Å². The normalized spacial score (nSPS) is 15.0. The first kappa shape index (κ1) is 12.5. The minimum atomic E-state index is 0.804. The molecule has 1 aliphatic rings. The van der Waals surface area contributed by atoms with Crippen molar-refractivity contribution in [3.8, 4) is 0 Å². The summed E-state index contributed by atoms with van der Waals surface area (Å²) < 4.78 is 2.26. The summed E-state index contributed by atoms with van der Waals surface area (Å²) in [6.45, 7) is 3.09. The molecule has 0 bridgehead atoms. The Bertz CT molecular complexity index is 571. The number of nitrogens with two attached hydrogens (primary N) is 1. The molecule has 1 aromatic heterocycles. The average Bonchev–Trinajstić information content (AvgIpc) is 2.59. The van der Waals surface area contributed by atoms with E-state index >= 15 is 0 Å². The summed E-state index contributed by atoms with van der Waals surface area (Å²) in [5.74, 6) is 1.13. The molecule has 0 aliphatic carbocycles. The Morgan fingerprint density at radius 3 is 2.89 bits per heavy atom. The van der Waals surface area contributed by atoms with Crippen LogP contribution in [0.4, 0.5) is 5.69 Å². The molecular formula is C14H18N4S. The largest absolute Gasteiger partial charge is 0.399 e. The predicted octanol–water partition coefficient (Wildman–Crippen LogP) is 3.05. The summed E-state index contributed by atoms with van der Waals surface area (Å²) in [4.78, 5) is 1.14. The van der Waals surface area contributed by atoms with Crippen molar-refractivity contribution in [3.05, 3.63) is 29.6 Å². The number of rotatable bonds is 2. The number of aryl methyl sites for hydroxylation is 2. The molecular weight excluding hydrogens is 256 g/mol. The van der Waals surface area contributed by atoms with E-state index in [0.717, 1.165) is 34.5 Å². The summed E-state index contributed by atoms with van der Waals surface area (Å²) in [7, 11) is 0. The topological polar surface area (TPSA) is 56.7 Å². The molecule has 0 amide bonds. The molecule has 0 saturated carbocycles. The molecule has 0 fully saturated rings. The lowest BCUT2D eigenvalue weighted by Gasteiger charge is -2.07. The lowest BCUT2D eigenvalue weighted by molar-refractivity contribution is 0.591. The summed E-state index contributed by atoms with van der Waals surface area (Å²) in [5.41, 5.74) is 7.88. The second kappa shape index (κ2) is 5.25. The number of nitrogens with zero attached hydrogens (tertiary/aromatic N) is 3. The van der Waals surface area contributed by atoms with Gasteiger partial charge in [-0.1, -0.05) is 6.42 Å². The van der Waals surface area contributed by atoms with Gasteiger partial charge < -0.3 is 10.3 Å². The third kappa shape index (κ3) is 2.76. The monoisotopic (exact) mass is 274 g/mol. The Hall–Kier alpha value is -1.49. The van der Waals surface area contributed by atoms with E-state index in [1.807, 2.05) is 12.1 Å². The minimum Gasteiger partial charge on any atom is -0.399 e. The Morgan fingerprint density at radius 2 is 2.05 bits per heavy atom. The fourth-order valence-electron chi connectivity index (χ4n) is 2.47. The van der Waals surface area contributed by atoms with E-state index in [4.69, 9.17) is 5.73 Å². The summed E-state index contributed by atoms with van der Waals surface area (Å²) >= 11 is 1.66. The first-order valence-electron chi connectivity index (χ1n) is 6.69. The second-order valence-electron chi connectivity index (χ2n) is 5.04. The van der Waals surface area contributed by atoms with Crippen LogP contribution in [0.3, 0.4) is 0 Å². The lowest BCUT2D eigenvalue weighted by atomic mass is 10.2. The second-order valence-corrected chi connectivity index (χ2v) is 6.08. The van der Waals surface area contributed by atoms with Crippen molar-refractivity contribution in [2.24, 2.45) is 0 Å². The molecule has 3 rings (SSSR count). The zero-order chi connectivity index (χ0) is 13.2. The van der Waals surface area contributed by atoms with Gasteiger partial charge in [0, 0.05) is 23.5 Å². The number of hydrogen-bond acceptors (Lipinski definition) is 4. The van der Waals surface area contributed by atoms with Crippen LogP contribution < -0.4 is 5.73 Å². The molecule has 1 aromatic carbocycles. The van der Waals surface area contributed by atoms with Gasteiger partial charge in [-0.3, -0.25) is 0 Å². The van der Waals surface area contributed by atoms with Gasteiger partial charge in [-0.2, -0.15) is 0 Å². The van der Waals surface area contributed by atoms with E-state index in [1.54, 1.807) is 11.8 Å². The highest BCUT2D eigenvalue weighted by Crippen LogP contribution is 2.30. The molecule has 0 saturated heterocycles. The first-order chi connectivity index (χ1) is 9.22. The fourth-order valence-corrected chi connectivity index (χ4v) is 3.51. The summed E-state index contributed by atoms with van der Waals surface area (Å²) in [6, 6.07) is 6.11. The SMILES string of the molecule is Cc1cc(N)cc(Sc2nnc3n2CCCCC3)c1. The minimum absolute atomic E-state index is 0.804. The number of aromatic nitrogens is 3. The van der Waals surface area contributed by atoms with E-state index in [2.05, 4.69) is 27.8 Å². The zero-order valence-corrected chi connectivity index (χ0v) is 11.9. The van der Waals surface area contributed by atoms with E-state index in [9.17, 15) is 0 Å². The quantitative estimate of drug-likeness (QED) is 0.855. The molecule has 1 aliphatic heterocycles. The summed E-state index contributed by atoms with van der Waals surface area (Å²) in [5, 5.41) is 9.64. The van der Waals surface area contributed by atoms with Crippen LogP contribution >= 0.6 is 11.8 Å². The van der Waals surface area contributed by atoms with E-state index in [-0.39, 0.29) is 0 Å². The van der Waals surface area contributed by atoms with Gasteiger partial charge in [0.15, 0.2) is 5.16 Å². The highest BCUT2D eigenvalue weighted by atomic mass is 32.2. The number of benzene rings is 1. The molecule has 0 spiro atoms. The van der Waals surface area contributed by atoms with Gasteiger partial charge in [-0.15, -0.1) is 10.2 Å².